The van der Waals surface area contributed by atoms with Gasteiger partial charge in [-0.05, 0) is 47.0 Å². The molecule has 1 aliphatic rings. The van der Waals surface area contributed by atoms with Crippen LogP contribution in [0.5, 0.6) is 0 Å². The third-order valence-electron chi connectivity index (χ3n) is 5.06. The monoisotopic (exact) mass is 433 g/mol. The van der Waals surface area contributed by atoms with Crippen LogP contribution in [0.2, 0.25) is 5.02 Å². The van der Waals surface area contributed by atoms with E-state index in [1.807, 2.05) is 48.5 Å². The van der Waals surface area contributed by atoms with Gasteiger partial charge in [0, 0.05) is 16.3 Å². The Morgan fingerprint density at radius 1 is 1.00 bits per heavy atom. The minimum Gasteiger partial charge on any atom is -0.441 e. The van der Waals surface area contributed by atoms with E-state index < -0.39 is 12.2 Å². The summed E-state index contributed by atoms with van der Waals surface area (Å²) < 4.78 is 5.07. The minimum atomic E-state index is -0.494. The Kier molecular flexibility index (Phi) is 6.16. The SMILES string of the molecule is O=C(/C=C/c1ccc(Cl)cc1)c1ccc(-c2ccc(N3C[C@H](CO)OC3=O)cc2)cc1. The molecule has 1 saturated heterocycles. The van der Waals surface area contributed by atoms with E-state index in [9.17, 15) is 9.59 Å². The van der Waals surface area contributed by atoms with Crippen molar-refractivity contribution in [3.05, 3.63) is 95.0 Å². The Morgan fingerprint density at radius 2 is 1.61 bits per heavy atom. The molecule has 1 aliphatic heterocycles. The van der Waals surface area contributed by atoms with E-state index in [1.54, 1.807) is 36.4 Å². The van der Waals surface area contributed by atoms with Gasteiger partial charge in [-0.2, -0.15) is 0 Å². The van der Waals surface area contributed by atoms with E-state index in [0.29, 0.717) is 22.8 Å². The zero-order chi connectivity index (χ0) is 21.8. The first-order valence-corrected chi connectivity index (χ1v) is 10.2. The highest BCUT2D eigenvalue weighted by molar-refractivity contribution is 6.30. The first-order valence-electron chi connectivity index (χ1n) is 9.81. The van der Waals surface area contributed by atoms with Gasteiger partial charge in [-0.25, -0.2) is 4.79 Å². The fraction of sp³-hybridized carbons (Fsp3) is 0.120. The fourth-order valence-corrected chi connectivity index (χ4v) is 3.46. The molecule has 0 radical (unpaired) electrons. The Bertz CT molecular complexity index is 1110. The predicted molar refractivity (Wildman–Crippen MR) is 121 cm³/mol. The van der Waals surface area contributed by atoms with Crippen molar-refractivity contribution in [1.29, 1.82) is 0 Å². The lowest BCUT2D eigenvalue weighted by Crippen LogP contribution is -2.25. The Morgan fingerprint density at radius 3 is 2.19 bits per heavy atom. The average molecular weight is 434 g/mol. The summed E-state index contributed by atoms with van der Waals surface area (Å²) in [6, 6.07) is 22.1. The smallest absolute Gasteiger partial charge is 0.414 e. The molecule has 1 heterocycles. The van der Waals surface area contributed by atoms with E-state index in [-0.39, 0.29) is 12.4 Å². The Labute approximate surface area is 185 Å². The van der Waals surface area contributed by atoms with Gasteiger partial charge in [0.1, 0.15) is 6.10 Å². The van der Waals surface area contributed by atoms with Gasteiger partial charge in [0.15, 0.2) is 5.78 Å². The quantitative estimate of drug-likeness (QED) is 0.427. The minimum absolute atomic E-state index is 0.0807. The van der Waals surface area contributed by atoms with E-state index >= 15 is 0 Å². The van der Waals surface area contributed by atoms with Gasteiger partial charge in [-0.3, -0.25) is 9.69 Å². The molecule has 0 aliphatic carbocycles. The highest BCUT2D eigenvalue weighted by Gasteiger charge is 2.31. The maximum Gasteiger partial charge on any atom is 0.414 e. The zero-order valence-corrected chi connectivity index (χ0v) is 17.3. The number of hydrogen-bond acceptors (Lipinski definition) is 4. The molecular weight excluding hydrogens is 414 g/mol. The fourth-order valence-electron chi connectivity index (χ4n) is 3.33. The van der Waals surface area contributed by atoms with E-state index in [1.165, 1.54) is 4.90 Å². The third kappa shape index (κ3) is 4.85. The maximum atomic E-state index is 12.4. The lowest BCUT2D eigenvalue weighted by atomic mass is 10.0. The molecule has 156 valence electrons. The summed E-state index contributed by atoms with van der Waals surface area (Å²) in [6.45, 7) is 0.134. The molecule has 0 unspecified atom stereocenters. The molecule has 1 amide bonds. The van der Waals surface area contributed by atoms with E-state index in [0.717, 1.165) is 16.7 Å². The Hall–Kier alpha value is -3.41. The molecule has 1 fully saturated rings. The molecule has 5 nitrogen and oxygen atoms in total. The van der Waals surface area contributed by atoms with Crippen LogP contribution in [0.4, 0.5) is 10.5 Å². The molecule has 0 saturated carbocycles. The second-order valence-corrected chi connectivity index (χ2v) is 7.61. The van der Waals surface area contributed by atoms with Crippen molar-refractivity contribution >= 4 is 35.2 Å². The summed E-state index contributed by atoms with van der Waals surface area (Å²) in [7, 11) is 0. The predicted octanol–water partition coefficient (Wildman–Crippen LogP) is 5.22. The van der Waals surface area contributed by atoms with Crippen LogP contribution in [0.25, 0.3) is 17.2 Å². The molecule has 0 spiro atoms. The van der Waals surface area contributed by atoms with Crippen molar-refractivity contribution in [3.8, 4) is 11.1 Å². The molecule has 0 aromatic heterocycles. The number of amides is 1. The van der Waals surface area contributed by atoms with Crippen LogP contribution in [0, 0.1) is 0 Å². The molecule has 1 N–H and O–H groups in total. The van der Waals surface area contributed by atoms with Gasteiger partial charge in [0.25, 0.3) is 0 Å². The first kappa shape index (κ1) is 20.8. The Balaban J connectivity index is 1.43. The highest BCUT2D eigenvalue weighted by Crippen LogP contribution is 2.26. The van der Waals surface area contributed by atoms with Crippen LogP contribution < -0.4 is 4.90 Å². The number of benzene rings is 3. The molecular formula is C25H20ClNO4. The number of carbonyl (C=O) groups excluding carboxylic acids is 2. The normalized spacial score (nSPS) is 16.0. The number of nitrogens with zero attached hydrogens (tertiary/aromatic N) is 1. The number of aliphatic hydroxyl groups is 1. The van der Waals surface area contributed by atoms with Gasteiger partial charge < -0.3 is 9.84 Å². The van der Waals surface area contributed by atoms with Gasteiger partial charge in [0.2, 0.25) is 0 Å². The van der Waals surface area contributed by atoms with Crippen LogP contribution >= 0.6 is 11.6 Å². The molecule has 3 aromatic rings. The van der Waals surface area contributed by atoms with Gasteiger partial charge >= 0.3 is 6.09 Å². The maximum absolute atomic E-state index is 12.4. The van der Waals surface area contributed by atoms with Crippen molar-refractivity contribution in [3.63, 3.8) is 0 Å². The number of allylic oxidation sites excluding steroid dienone is 1. The molecule has 31 heavy (non-hydrogen) atoms. The van der Waals surface area contributed by atoms with E-state index in [4.69, 9.17) is 21.4 Å². The second kappa shape index (κ2) is 9.16. The summed E-state index contributed by atoms with van der Waals surface area (Å²) in [6.07, 6.45) is 2.35. The highest BCUT2D eigenvalue weighted by atomic mass is 35.5. The first-order chi connectivity index (χ1) is 15.0. The van der Waals surface area contributed by atoms with Crippen molar-refractivity contribution in [2.24, 2.45) is 0 Å². The summed E-state index contributed by atoms with van der Waals surface area (Å²) in [5.74, 6) is -0.0807. The van der Waals surface area contributed by atoms with Crippen molar-refractivity contribution in [2.75, 3.05) is 18.1 Å². The molecule has 3 aromatic carbocycles. The average Bonchev–Trinajstić information content (AvgIpc) is 3.19. The van der Waals surface area contributed by atoms with Crippen molar-refractivity contribution in [2.45, 2.75) is 6.10 Å². The van der Waals surface area contributed by atoms with Crippen molar-refractivity contribution < 1.29 is 19.4 Å². The summed E-state index contributed by atoms with van der Waals surface area (Å²) in [5, 5.41) is 9.82. The number of rotatable bonds is 6. The standard InChI is InChI=1S/C25H20ClNO4/c26-21-10-1-17(2-11-21)3-14-24(29)20-6-4-18(5-7-20)19-8-12-22(13-9-19)27-15-23(16-28)31-25(27)30/h1-14,23,28H,15-16H2/b14-3+/t23-/m1/s1. The number of carbonyl (C=O) groups is 2. The number of halogens is 1. The molecule has 1 atom stereocenters. The summed E-state index contributed by atoms with van der Waals surface area (Å²) in [5.41, 5.74) is 4.14. The van der Waals surface area contributed by atoms with Crippen LogP contribution in [-0.4, -0.2) is 36.2 Å². The van der Waals surface area contributed by atoms with E-state index in [2.05, 4.69) is 0 Å². The summed E-state index contributed by atoms with van der Waals surface area (Å²) in [4.78, 5) is 25.8. The number of cyclic esters (lactones) is 1. The number of aliphatic hydroxyl groups excluding tert-OH is 1. The number of anilines is 1. The van der Waals surface area contributed by atoms with Gasteiger partial charge in [-0.15, -0.1) is 0 Å². The number of hydrogen-bond donors (Lipinski definition) is 1. The van der Waals surface area contributed by atoms with Crippen LogP contribution in [-0.2, 0) is 4.74 Å². The van der Waals surface area contributed by atoms with Crippen molar-refractivity contribution in [1.82, 2.24) is 0 Å². The van der Waals surface area contributed by atoms with Gasteiger partial charge in [-0.1, -0.05) is 66.2 Å². The lowest BCUT2D eigenvalue weighted by Gasteiger charge is -2.13. The number of ketones is 1. The number of ether oxygens (including phenoxy) is 1. The molecule has 6 heteroatoms. The van der Waals surface area contributed by atoms with Crippen LogP contribution in [0.3, 0.4) is 0 Å². The summed E-state index contributed by atoms with van der Waals surface area (Å²) >= 11 is 5.87. The van der Waals surface area contributed by atoms with Crippen LogP contribution in [0.1, 0.15) is 15.9 Å². The second-order valence-electron chi connectivity index (χ2n) is 7.17. The van der Waals surface area contributed by atoms with Gasteiger partial charge in [0.05, 0.1) is 13.2 Å². The molecule has 4 rings (SSSR count). The topological polar surface area (TPSA) is 66.8 Å². The largest absolute Gasteiger partial charge is 0.441 e. The van der Waals surface area contributed by atoms with Crippen LogP contribution in [0.15, 0.2) is 78.9 Å². The zero-order valence-electron chi connectivity index (χ0n) is 16.6. The molecule has 0 bridgehead atoms. The lowest BCUT2D eigenvalue weighted by molar-refractivity contribution is 0.0963. The third-order valence-corrected chi connectivity index (χ3v) is 5.31.